The van der Waals surface area contributed by atoms with E-state index in [1.807, 2.05) is 34.6 Å². The highest BCUT2D eigenvalue weighted by atomic mass is 31.2. The first-order valence-electron chi connectivity index (χ1n) is 6.08. The summed E-state index contributed by atoms with van der Waals surface area (Å²) < 4.78 is 29.2. The van der Waals surface area contributed by atoms with E-state index >= 15 is 0 Å². The van der Waals surface area contributed by atoms with Gasteiger partial charge in [-0.3, -0.25) is 4.57 Å². The zero-order valence-corrected chi connectivity index (χ0v) is 12.0. The first-order valence-corrected chi connectivity index (χ1v) is 7.63. The topological polar surface area (TPSA) is 44.8 Å². The normalized spacial score (nSPS) is 13.1. The van der Waals surface area contributed by atoms with Crippen molar-refractivity contribution in [3.63, 3.8) is 0 Å². The van der Waals surface area contributed by atoms with E-state index in [0.717, 1.165) is 0 Å². The molecule has 0 aliphatic heterocycles. The molecule has 0 unspecified atom stereocenters. The third-order valence-corrected chi connectivity index (χ3v) is 5.57. The van der Waals surface area contributed by atoms with Crippen molar-refractivity contribution in [3.05, 3.63) is 0 Å². The van der Waals surface area contributed by atoms with E-state index in [0.29, 0.717) is 32.7 Å². The van der Waals surface area contributed by atoms with Crippen LogP contribution in [-0.4, -0.2) is 25.2 Å². The van der Waals surface area contributed by atoms with E-state index < -0.39 is 12.9 Å². The first kappa shape index (κ1) is 16.1. The quantitative estimate of drug-likeness (QED) is 0.585. The lowest BCUT2D eigenvalue weighted by atomic mass is 10.2. The van der Waals surface area contributed by atoms with Crippen molar-refractivity contribution in [1.82, 2.24) is 0 Å². The number of hydrogen-bond donors (Lipinski definition) is 0. The second-order valence-corrected chi connectivity index (χ2v) is 5.75. The van der Waals surface area contributed by atoms with Crippen molar-refractivity contribution >= 4 is 7.60 Å². The highest BCUT2D eigenvalue weighted by Gasteiger charge is 2.49. The Morgan fingerprint density at radius 1 is 0.875 bits per heavy atom. The molecule has 0 spiro atoms. The largest absolute Gasteiger partial charge is 0.363 e. The third kappa shape index (κ3) is 3.30. The molecule has 0 aromatic carbocycles. The maximum Gasteiger partial charge on any atom is 0.362 e. The van der Waals surface area contributed by atoms with E-state index in [-0.39, 0.29) is 0 Å². The van der Waals surface area contributed by atoms with Gasteiger partial charge in [0.2, 0.25) is 0 Å². The van der Waals surface area contributed by atoms with Gasteiger partial charge in [0.15, 0.2) is 5.34 Å². The third-order valence-electron chi connectivity index (χ3n) is 2.62. The standard InChI is InChI=1S/C11H25O4P/c1-6-11(7-2,13-8-3)16(12,14-9-4)15-10-5/h6-10H2,1-5H3. The van der Waals surface area contributed by atoms with Crippen molar-refractivity contribution in [2.24, 2.45) is 0 Å². The van der Waals surface area contributed by atoms with Crippen LogP contribution in [-0.2, 0) is 18.3 Å². The van der Waals surface area contributed by atoms with Gasteiger partial charge in [0, 0.05) is 6.61 Å². The fourth-order valence-corrected chi connectivity index (χ4v) is 4.09. The Morgan fingerprint density at radius 3 is 1.56 bits per heavy atom. The Hall–Kier alpha value is 0.110. The second-order valence-electron chi connectivity index (χ2n) is 3.42. The van der Waals surface area contributed by atoms with Crippen LogP contribution in [0.5, 0.6) is 0 Å². The van der Waals surface area contributed by atoms with Gasteiger partial charge in [-0.25, -0.2) is 0 Å². The van der Waals surface area contributed by atoms with E-state index in [1.54, 1.807) is 0 Å². The van der Waals surface area contributed by atoms with Crippen molar-refractivity contribution in [2.75, 3.05) is 19.8 Å². The number of ether oxygens (including phenoxy) is 1. The van der Waals surface area contributed by atoms with Crippen LogP contribution in [0.4, 0.5) is 0 Å². The molecule has 4 nitrogen and oxygen atoms in total. The van der Waals surface area contributed by atoms with Crippen LogP contribution in [0.1, 0.15) is 47.5 Å². The van der Waals surface area contributed by atoms with Crippen LogP contribution in [0.15, 0.2) is 0 Å². The smallest absolute Gasteiger partial charge is 0.362 e. The van der Waals surface area contributed by atoms with E-state index in [2.05, 4.69) is 0 Å². The second kappa shape index (κ2) is 7.44. The first-order chi connectivity index (χ1) is 7.55. The summed E-state index contributed by atoms with van der Waals surface area (Å²) in [6.07, 6.45) is 1.24. The molecular weight excluding hydrogens is 227 g/mol. The maximum atomic E-state index is 12.7. The molecule has 0 fully saturated rings. The van der Waals surface area contributed by atoms with Crippen LogP contribution in [0.3, 0.4) is 0 Å². The van der Waals surface area contributed by atoms with Crippen LogP contribution in [0, 0.1) is 0 Å². The molecular formula is C11H25O4P. The van der Waals surface area contributed by atoms with Gasteiger partial charge in [0.1, 0.15) is 0 Å². The molecule has 98 valence electrons. The monoisotopic (exact) mass is 252 g/mol. The number of hydrogen-bond acceptors (Lipinski definition) is 4. The summed E-state index contributed by atoms with van der Waals surface area (Å²) in [4.78, 5) is 0. The predicted octanol–water partition coefficient (Wildman–Crippen LogP) is 3.81. The summed E-state index contributed by atoms with van der Waals surface area (Å²) in [5.74, 6) is 0. The average molecular weight is 252 g/mol. The van der Waals surface area contributed by atoms with Gasteiger partial charge in [-0.05, 0) is 33.6 Å². The van der Waals surface area contributed by atoms with Gasteiger partial charge in [0.05, 0.1) is 13.2 Å². The molecule has 0 N–H and O–H groups in total. The number of rotatable bonds is 9. The average Bonchev–Trinajstić information content (AvgIpc) is 2.26. The molecule has 0 saturated carbocycles. The summed E-state index contributed by atoms with van der Waals surface area (Å²) in [5, 5.41) is -0.798. The lowest BCUT2D eigenvalue weighted by Crippen LogP contribution is -2.33. The minimum atomic E-state index is -3.20. The van der Waals surface area contributed by atoms with Crippen LogP contribution in [0.2, 0.25) is 0 Å². The SMILES string of the molecule is CCOC(CC)(CC)P(=O)(OCC)OCC. The molecule has 0 aliphatic carbocycles. The minimum Gasteiger partial charge on any atom is -0.363 e. The molecule has 16 heavy (non-hydrogen) atoms. The van der Waals surface area contributed by atoms with Crippen molar-refractivity contribution in [1.29, 1.82) is 0 Å². The van der Waals surface area contributed by atoms with Crippen LogP contribution >= 0.6 is 7.60 Å². The summed E-state index contributed by atoms with van der Waals surface area (Å²) in [5.41, 5.74) is 0. The van der Waals surface area contributed by atoms with Crippen LogP contribution < -0.4 is 0 Å². The maximum absolute atomic E-state index is 12.7. The van der Waals surface area contributed by atoms with Gasteiger partial charge in [-0.2, -0.15) is 0 Å². The van der Waals surface area contributed by atoms with E-state index in [9.17, 15) is 4.57 Å². The molecule has 0 bridgehead atoms. The molecule has 0 aliphatic rings. The summed E-state index contributed by atoms with van der Waals surface area (Å²) >= 11 is 0. The minimum absolute atomic E-state index is 0.367. The zero-order valence-electron chi connectivity index (χ0n) is 11.1. The molecule has 0 amide bonds. The molecule has 0 atom stereocenters. The highest BCUT2D eigenvalue weighted by Crippen LogP contribution is 2.63. The summed E-state index contributed by atoms with van der Waals surface area (Å²) in [7, 11) is -3.20. The zero-order chi connectivity index (χ0) is 12.7. The van der Waals surface area contributed by atoms with Gasteiger partial charge < -0.3 is 13.8 Å². The summed E-state index contributed by atoms with van der Waals surface area (Å²) in [6.45, 7) is 10.7. The van der Waals surface area contributed by atoms with Crippen molar-refractivity contribution < 1.29 is 18.3 Å². The Bertz CT molecular complexity index is 216. The van der Waals surface area contributed by atoms with Crippen molar-refractivity contribution in [3.8, 4) is 0 Å². The fourth-order valence-electron chi connectivity index (χ4n) is 1.80. The lowest BCUT2D eigenvalue weighted by molar-refractivity contribution is -0.00937. The predicted molar refractivity (Wildman–Crippen MR) is 65.8 cm³/mol. The lowest BCUT2D eigenvalue weighted by Gasteiger charge is -2.37. The van der Waals surface area contributed by atoms with Gasteiger partial charge in [-0.1, -0.05) is 13.8 Å². The van der Waals surface area contributed by atoms with Gasteiger partial charge in [0.25, 0.3) is 0 Å². The molecule has 0 heterocycles. The summed E-state index contributed by atoms with van der Waals surface area (Å²) in [6, 6.07) is 0. The molecule has 0 rings (SSSR count). The molecule has 0 aromatic heterocycles. The molecule has 0 radical (unpaired) electrons. The molecule has 5 heteroatoms. The highest BCUT2D eigenvalue weighted by molar-refractivity contribution is 7.55. The Balaban J connectivity index is 5.14. The Kier molecular flexibility index (Phi) is 7.49. The Morgan fingerprint density at radius 2 is 1.31 bits per heavy atom. The van der Waals surface area contributed by atoms with Gasteiger partial charge >= 0.3 is 7.60 Å². The molecule has 0 aromatic rings. The van der Waals surface area contributed by atoms with Crippen molar-refractivity contribution in [2.45, 2.75) is 52.8 Å². The van der Waals surface area contributed by atoms with E-state index in [4.69, 9.17) is 13.8 Å². The van der Waals surface area contributed by atoms with E-state index in [1.165, 1.54) is 0 Å². The Labute approximate surface area is 99.2 Å². The molecule has 0 saturated heterocycles. The van der Waals surface area contributed by atoms with Crippen LogP contribution in [0.25, 0.3) is 0 Å². The fraction of sp³-hybridized carbons (Fsp3) is 1.00. The van der Waals surface area contributed by atoms with Gasteiger partial charge in [-0.15, -0.1) is 0 Å².